The number of amides is 1. The molecule has 0 aliphatic rings. The molecular weight excluding hydrogens is 269 g/mol. The van der Waals surface area contributed by atoms with Crippen LogP contribution in [-0.4, -0.2) is 22.2 Å². The van der Waals surface area contributed by atoms with Crippen molar-refractivity contribution in [2.45, 2.75) is 20.8 Å². The van der Waals surface area contributed by atoms with Crippen LogP contribution in [0.2, 0.25) is 0 Å². The SMILES string of the molecule is CCNC(=O)/C=C/c1c(C)nn(-c2ccc(F)cc2)c1C. The lowest BCUT2D eigenvalue weighted by molar-refractivity contribution is -0.116. The number of hydrogen-bond acceptors (Lipinski definition) is 2. The number of hydrogen-bond donors (Lipinski definition) is 1. The molecular formula is C16H18FN3O. The third-order valence-electron chi connectivity index (χ3n) is 3.17. The Balaban J connectivity index is 2.33. The number of aryl methyl sites for hydroxylation is 1. The number of likely N-dealkylation sites (N-methyl/N-ethyl adjacent to an activating group) is 1. The van der Waals surface area contributed by atoms with Crippen LogP contribution < -0.4 is 5.32 Å². The summed E-state index contributed by atoms with van der Waals surface area (Å²) >= 11 is 0. The van der Waals surface area contributed by atoms with Crippen molar-refractivity contribution in [3.63, 3.8) is 0 Å². The molecule has 0 atom stereocenters. The Bertz CT molecular complexity index is 672. The summed E-state index contributed by atoms with van der Waals surface area (Å²) in [6.07, 6.45) is 3.25. The number of benzene rings is 1. The van der Waals surface area contributed by atoms with Gasteiger partial charge in [-0.1, -0.05) is 0 Å². The van der Waals surface area contributed by atoms with Gasteiger partial charge in [0.25, 0.3) is 0 Å². The van der Waals surface area contributed by atoms with Crippen LogP contribution in [0.15, 0.2) is 30.3 Å². The summed E-state index contributed by atoms with van der Waals surface area (Å²) in [5.41, 5.74) is 3.40. The minimum atomic E-state index is -0.281. The molecule has 0 fully saturated rings. The Morgan fingerprint density at radius 1 is 1.33 bits per heavy atom. The molecule has 1 heterocycles. The number of carbonyl (C=O) groups excluding carboxylic acids is 1. The highest BCUT2D eigenvalue weighted by atomic mass is 19.1. The van der Waals surface area contributed by atoms with E-state index in [4.69, 9.17) is 0 Å². The van der Waals surface area contributed by atoms with E-state index in [1.165, 1.54) is 18.2 Å². The van der Waals surface area contributed by atoms with Crippen molar-refractivity contribution in [1.29, 1.82) is 0 Å². The minimum absolute atomic E-state index is 0.133. The fourth-order valence-corrected chi connectivity index (χ4v) is 2.12. The van der Waals surface area contributed by atoms with E-state index in [-0.39, 0.29) is 11.7 Å². The van der Waals surface area contributed by atoms with Crippen LogP contribution in [0.5, 0.6) is 0 Å². The highest BCUT2D eigenvalue weighted by molar-refractivity contribution is 5.91. The van der Waals surface area contributed by atoms with Crippen molar-refractivity contribution >= 4 is 12.0 Å². The molecule has 1 N–H and O–H groups in total. The topological polar surface area (TPSA) is 46.9 Å². The second-order valence-electron chi connectivity index (χ2n) is 4.70. The Morgan fingerprint density at radius 2 is 2.00 bits per heavy atom. The zero-order chi connectivity index (χ0) is 15.4. The van der Waals surface area contributed by atoms with E-state index >= 15 is 0 Å². The fraction of sp³-hybridized carbons (Fsp3) is 0.250. The Kier molecular flexibility index (Phi) is 4.52. The maximum Gasteiger partial charge on any atom is 0.243 e. The molecule has 1 aromatic carbocycles. The summed E-state index contributed by atoms with van der Waals surface area (Å²) in [6.45, 7) is 6.26. The molecule has 21 heavy (non-hydrogen) atoms. The lowest BCUT2D eigenvalue weighted by Gasteiger charge is -2.04. The lowest BCUT2D eigenvalue weighted by Crippen LogP contribution is -2.19. The van der Waals surface area contributed by atoms with Crippen LogP contribution in [0.3, 0.4) is 0 Å². The first-order valence-electron chi connectivity index (χ1n) is 6.81. The van der Waals surface area contributed by atoms with Gasteiger partial charge in [0, 0.05) is 23.9 Å². The van der Waals surface area contributed by atoms with E-state index < -0.39 is 0 Å². The summed E-state index contributed by atoms with van der Waals surface area (Å²) in [5.74, 6) is -0.414. The first kappa shape index (κ1) is 15.0. The van der Waals surface area contributed by atoms with E-state index in [9.17, 15) is 9.18 Å². The predicted octanol–water partition coefficient (Wildman–Crippen LogP) is 2.78. The number of nitrogens with zero attached hydrogens (tertiary/aromatic N) is 2. The highest BCUT2D eigenvalue weighted by Crippen LogP contribution is 2.19. The van der Waals surface area contributed by atoms with Gasteiger partial charge in [0.15, 0.2) is 0 Å². The maximum absolute atomic E-state index is 13.0. The number of rotatable bonds is 4. The van der Waals surface area contributed by atoms with E-state index in [1.807, 2.05) is 20.8 Å². The molecule has 0 spiro atoms. The van der Waals surface area contributed by atoms with Gasteiger partial charge in [0.05, 0.1) is 11.4 Å². The molecule has 0 aliphatic carbocycles. The molecule has 1 amide bonds. The third kappa shape index (κ3) is 3.37. The summed E-state index contributed by atoms with van der Waals surface area (Å²) in [4.78, 5) is 11.5. The van der Waals surface area contributed by atoms with Gasteiger partial charge in [-0.2, -0.15) is 5.10 Å². The summed E-state index contributed by atoms with van der Waals surface area (Å²) < 4.78 is 14.7. The molecule has 0 radical (unpaired) electrons. The molecule has 4 nitrogen and oxygen atoms in total. The molecule has 0 aliphatic heterocycles. The van der Waals surface area contributed by atoms with Gasteiger partial charge in [0.1, 0.15) is 5.82 Å². The zero-order valence-electron chi connectivity index (χ0n) is 12.4. The zero-order valence-corrected chi connectivity index (χ0v) is 12.4. The first-order chi connectivity index (χ1) is 10.0. The average molecular weight is 287 g/mol. The van der Waals surface area contributed by atoms with Crippen LogP contribution in [-0.2, 0) is 4.79 Å². The molecule has 110 valence electrons. The monoisotopic (exact) mass is 287 g/mol. The van der Waals surface area contributed by atoms with Crippen LogP contribution in [0.25, 0.3) is 11.8 Å². The number of halogens is 1. The van der Waals surface area contributed by atoms with E-state index in [0.29, 0.717) is 6.54 Å². The van der Waals surface area contributed by atoms with Crippen molar-refractivity contribution in [2.24, 2.45) is 0 Å². The molecule has 0 saturated heterocycles. The van der Waals surface area contributed by atoms with Crippen LogP contribution in [0, 0.1) is 19.7 Å². The molecule has 1 aromatic heterocycles. The lowest BCUT2D eigenvalue weighted by atomic mass is 10.2. The van der Waals surface area contributed by atoms with Crippen LogP contribution in [0.1, 0.15) is 23.9 Å². The molecule has 2 rings (SSSR count). The maximum atomic E-state index is 13.0. The molecule has 0 saturated carbocycles. The molecule has 2 aromatic rings. The molecule has 5 heteroatoms. The van der Waals surface area contributed by atoms with Gasteiger partial charge in [-0.3, -0.25) is 4.79 Å². The summed E-state index contributed by atoms with van der Waals surface area (Å²) in [5, 5.41) is 7.15. The van der Waals surface area contributed by atoms with Crippen LogP contribution in [0.4, 0.5) is 4.39 Å². The smallest absolute Gasteiger partial charge is 0.243 e. The second kappa shape index (κ2) is 6.35. The molecule has 0 bridgehead atoms. The van der Waals surface area contributed by atoms with Gasteiger partial charge < -0.3 is 5.32 Å². The molecule has 0 unspecified atom stereocenters. The van der Waals surface area contributed by atoms with Gasteiger partial charge >= 0.3 is 0 Å². The minimum Gasteiger partial charge on any atom is -0.353 e. The van der Waals surface area contributed by atoms with Crippen molar-refractivity contribution in [3.8, 4) is 5.69 Å². The number of nitrogens with one attached hydrogen (secondary N) is 1. The number of aromatic nitrogens is 2. The second-order valence-corrected chi connectivity index (χ2v) is 4.70. The normalized spacial score (nSPS) is 11.0. The standard InChI is InChI=1S/C16H18FN3O/c1-4-18-16(21)10-9-15-11(2)19-20(12(15)3)14-7-5-13(17)6-8-14/h5-10H,4H2,1-3H3,(H,18,21)/b10-9+. The number of carbonyl (C=O) groups is 1. The third-order valence-corrected chi connectivity index (χ3v) is 3.17. The van der Waals surface area contributed by atoms with Gasteiger partial charge in [-0.15, -0.1) is 0 Å². The van der Waals surface area contributed by atoms with E-state index in [2.05, 4.69) is 10.4 Å². The van der Waals surface area contributed by atoms with Gasteiger partial charge in [-0.25, -0.2) is 9.07 Å². The summed E-state index contributed by atoms with van der Waals surface area (Å²) in [6, 6.07) is 6.14. The van der Waals surface area contributed by atoms with Crippen LogP contribution >= 0.6 is 0 Å². The Morgan fingerprint density at radius 3 is 2.62 bits per heavy atom. The van der Waals surface area contributed by atoms with E-state index in [0.717, 1.165) is 22.6 Å². The first-order valence-corrected chi connectivity index (χ1v) is 6.81. The van der Waals surface area contributed by atoms with Gasteiger partial charge in [-0.05, 0) is 51.1 Å². The van der Waals surface area contributed by atoms with Crippen molar-refractivity contribution < 1.29 is 9.18 Å². The van der Waals surface area contributed by atoms with Crippen molar-refractivity contribution in [3.05, 3.63) is 53.1 Å². The van der Waals surface area contributed by atoms with Crippen molar-refractivity contribution in [1.82, 2.24) is 15.1 Å². The van der Waals surface area contributed by atoms with Gasteiger partial charge in [0.2, 0.25) is 5.91 Å². The predicted molar refractivity (Wildman–Crippen MR) is 80.7 cm³/mol. The van der Waals surface area contributed by atoms with E-state index in [1.54, 1.807) is 22.9 Å². The largest absolute Gasteiger partial charge is 0.353 e. The average Bonchev–Trinajstić information content (AvgIpc) is 2.73. The fourth-order valence-electron chi connectivity index (χ4n) is 2.12. The Labute approximate surface area is 123 Å². The highest BCUT2D eigenvalue weighted by Gasteiger charge is 2.10. The summed E-state index contributed by atoms with van der Waals surface area (Å²) in [7, 11) is 0. The van der Waals surface area contributed by atoms with Crippen molar-refractivity contribution in [2.75, 3.05) is 6.54 Å². The quantitative estimate of drug-likeness (QED) is 0.879. The Hall–Kier alpha value is -2.43.